The molecular formula is C34H36N4O7. The molecule has 0 atom stereocenters. The van der Waals surface area contributed by atoms with E-state index in [1.807, 2.05) is 78.9 Å². The smallest absolute Gasteiger partial charge is 0.426 e. The van der Waals surface area contributed by atoms with Crippen molar-refractivity contribution >= 4 is 18.1 Å². The molecule has 0 saturated carbocycles. The van der Waals surface area contributed by atoms with Gasteiger partial charge in [-0.05, 0) is 37.5 Å². The third kappa shape index (κ3) is 10.9. The molecule has 45 heavy (non-hydrogen) atoms. The van der Waals surface area contributed by atoms with Crippen LogP contribution in [-0.4, -0.2) is 28.7 Å². The van der Waals surface area contributed by atoms with Crippen molar-refractivity contribution in [3.8, 4) is 11.5 Å². The number of pyridine rings is 1. The van der Waals surface area contributed by atoms with Crippen LogP contribution in [0.2, 0.25) is 0 Å². The summed E-state index contributed by atoms with van der Waals surface area (Å²) in [5, 5.41) is 2.66. The van der Waals surface area contributed by atoms with Crippen LogP contribution in [0.4, 0.5) is 9.59 Å². The zero-order valence-corrected chi connectivity index (χ0v) is 25.4. The molecule has 3 amide bonds. The summed E-state index contributed by atoms with van der Waals surface area (Å²) < 4.78 is 22.9. The van der Waals surface area contributed by atoms with E-state index in [-0.39, 0.29) is 49.3 Å². The molecule has 0 bridgehead atoms. The van der Waals surface area contributed by atoms with Crippen molar-refractivity contribution in [3.05, 3.63) is 125 Å². The number of hydrogen-bond donors (Lipinski definition) is 3. The van der Waals surface area contributed by atoms with Gasteiger partial charge in [-0.15, -0.1) is 0 Å². The Morgan fingerprint density at radius 3 is 1.78 bits per heavy atom. The number of hydrazine groups is 1. The van der Waals surface area contributed by atoms with Gasteiger partial charge >= 0.3 is 12.2 Å². The van der Waals surface area contributed by atoms with Gasteiger partial charge in [-0.25, -0.2) is 20.0 Å². The van der Waals surface area contributed by atoms with Crippen LogP contribution >= 0.6 is 0 Å². The van der Waals surface area contributed by atoms with Crippen molar-refractivity contribution in [1.82, 2.24) is 21.2 Å². The first-order valence-electron chi connectivity index (χ1n) is 14.3. The van der Waals surface area contributed by atoms with Crippen molar-refractivity contribution in [3.63, 3.8) is 0 Å². The van der Waals surface area contributed by atoms with Crippen LogP contribution in [-0.2, 0) is 35.8 Å². The largest absolute Gasteiger partial charge is 0.485 e. The zero-order chi connectivity index (χ0) is 32.1. The third-order valence-corrected chi connectivity index (χ3v) is 5.99. The molecule has 0 aliphatic carbocycles. The molecule has 0 fully saturated rings. The maximum atomic E-state index is 13.2. The van der Waals surface area contributed by atoms with Crippen molar-refractivity contribution in [2.45, 2.75) is 52.7 Å². The van der Waals surface area contributed by atoms with Crippen molar-refractivity contribution in [2.24, 2.45) is 0 Å². The summed E-state index contributed by atoms with van der Waals surface area (Å²) in [6.45, 7) is 5.45. The van der Waals surface area contributed by atoms with Gasteiger partial charge in [-0.2, -0.15) is 0 Å². The Morgan fingerprint density at radius 1 is 0.689 bits per heavy atom. The highest BCUT2D eigenvalue weighted by Gasteiger charge is 2.22. The van der Waals surface area contributed by atoms with Gasteiger partial charge in [0.1, 0.15) is 36.8 Å². The molecule has 1 aromatic heterocycles. The Morgan fingerprint density at radius 2 is 1.22 bits per heavy atom. The lowest BCUT2D eigenvalue weighted by Gasteiger charge is -2.21. The van der Waals surface area contributed by atoms with Gasteiger partial charge in [0, 0.05) is 6.07 Å². The first kappa shape index (κ1) is 32.3. The summed E-state index contributed by atoms with van der Waals surface area (Å²) in [5.41, 5.74) is 6.46. The third-order valence-electron chi connectivity index (χ3n) is 5.99. The molecule has 234 valence electrons. The highest BCUT2D eigenvalue weighted by Crippen LogP contribution is 2.33. The summed E-state index contributed by atoms with van der Waals surface area (Å²) in [6.07, 6.45) is -1.54. The Balaban J connectivity index is 1.57. The first-order valence-corrected chi connectivity index (χ1v) is 14.3. The topological polar surface area (TPSA) is 137 Å². The monoisotopic (exact) mass is 612 g/mol. The number of carbonyl (C=O) groups excluding carboxylic acids is 3. The number of alkyl carbamates (subject to hydrolysis) is 1. The second-order valence-corrected chi connectivity index (χ2v) is 10.8. The van der Waals surface area contributed by atoms with Gasteiger partial charge in [0.2, 0.25) is 0 Å². The number of nitrogens with one attached hydrogen (secondary N) is 3. The van der Waals surface area contributed by atoms with E-state index in [9.17, 15) is 14.4 Å². The number of amides is 3. The van der Waals surface area contributed by atoms with E-state index in [0.717, 1.165) is 16.7 Å². The molecule has 3 aromatic carbocycles. The van der Waals surface area contributed by atoms with Crippen molar-refractivity contribution in [1.29, 1.82) is 0 Å². The van der Waals surface area contributed by atoms with Crippen LogP contribution in [0, 0.1) is 0 Å². The van der Waals surface area contributed by atoms with Crippen LogP contribution in [0.15, 0.2) is 97.1 Å². The quantitative estimate of drug-likeness (QED) is 0.180. The normalized spacial score (nSPS) is 10.7. The molecule has 0 saturated heterocycles. The van der Waals surface area contributed by atoms with E-state index in [0.29, 0.717) is 0 Å². The average molecular weight is 613 g/mol. The minimum atomic E-state index is -0.859. The molecule has 11 nitrogen and oxygen atoms in total. The van der Waals surface area contributed by atoms with Crippen LogP contribution < -0.4 is 25.6 Å². The lowest BCUT2D eigenvalue weighted by molar-refractivity contribution is 0.0522. The van der Waals surface area contributed by atoms with Crippen LogP contribution in [0.25, 0.3) is 0 Å². The van der Waals surface area contributed by atoms with E-state index in [1.165, 1.54) is 6.07 Å². The number of benzene rings is 3. The van der Waals surface area contributed by atoms with Crippen LogP contribution in [0.5, 0.6) is 11.5 Å². The van der Waals surface area contributed by atoms with Crippen LogP contribution in [0.1, 0.15) is 53.6 Å². The van der Waals surface area contributed by atoms with Gasteiger partial charge < -0.3 is 24.3 Å². The molecule has 3 N–H and O–H groups in total. The van der Waals surface area contributed by atoms with E-state index >= 15 is 0 Å². The second-order valence-electron chi connectivity index (χ2n) is 10.8. The fourth-order valence-corrected chi connectivity index (χ4v) is 3.92. The van der Waals surface area contributed by atoms with E-state index < -0.39 is 23.7 Å². The Kier molecular flexibility index (Phi) is 11.3. The lowest BCUT2D eigenvalue weighted by Crippen LogP contribution is -2.42. The standard InChI is InChI=1S/C34H36N4O7/c1-34(2,3)45-32(40)35-20-28-30(43-22-25-15-9-5-10-16-25)29(42-21-24-13-7-4-8-14-24)19-27(36-28)31(39)37-38-33(41)44-23-26-17-11-6-12-18-26/h4-19H,20-23H2,1-3H3,(H,35,40)(H,37,39)(H,38,41). The van der Waals surface area contributed by atoms with Gasteiger partial charge in [-0.1, -0.05) is 91.0 Å². The zero-order valence-electron chi connectivity index (χ0n) is 25.4. The highest BCUT2D eigenvalue weighted by molar-refractivity contribution is 5.93. The van der Waals surface area contributed by atoms with Gasteiger partial charge in [0.25, 0.3) is 5.91 Å². The molecule has 4 rings (SSSR count). The van der Waals surface area contributed by atoms with Crippen molar-refractivity contribution < 1.29 is 33.3 Å². The summed E-state index contributed by atoms with van der Waals surface area (Å²) >= 11 is 0. The predicted molar refractivity (Wildman–Crippen MR) is 166 cm³/mol. The number of carbonyl (C=O) groups is 3. The Bertz CT molecular complexity index is 1560. The van der Waals surface area contributed by atoms with E-state index in [4.69, 9.17) is 18.9 Å². The molecule has 0 spiro atoms. The predicted octanol–water partition coefficient (Wildman–Crippen LogP) is 5.84. The molecule has 0 aliphatic rings. The summed E-state index contributed by atoms with van der Waals surface area (Å²) in [4.78, 5) is 42.4. The molecule has 4 aromatic rings. The Hall–Kier alpha value is -5.58. The number of ether oxygens (including phenoxy) is 4. The number of nitrogens with zero attached hydrogens (tertiary/aromatic N) is 1. The van der Waals surface area contributed by atoms with Gasteiger partial charge in [0.05, 0.1) is 6.54 Å². The summed E-state index contributed by atoms with van der Waals surface area (Å²) in [7, 11) is 0. The SMILES string of the molecule is CC(C)(C)OC(=O)NCc1nc(C(=O)NNC(=O)OCc2ccccc2)cc(OCc2ccccc2)c1OCc1ccccc1. The number of rotatable bonds is 11. The fourth-order valence-electron chi connectivity index (χ4n) is 3.92. The average Bonchev–Trinajstić information content (AvgIpc) is 3.04. The van der Waals surface area contributed by atoms with Gasteiger partial charge in [0.15, 0.2) is 11.5 Å². The maximum absolute atomic E-state index is 13.2. The number of aromatic nitrogens is 1. The molecule has 11 heteroatoms. The number of hydrogen-bond acceptors (Lipinski definition) is 8. The summed E-state index contributed by atoms with van der Waals surface area (Å²) in [6, 6.07) is 29.5. The maximum Gasteiger partial charge on any atom is 0.426 e. The lowest BCUT2D eigenvalue weighted by atomic mass is 10.2. The van der Waals surface area contributed by atoms with E-state index in [1.54, 1.807) is 32.9 Å². The molecule has 0 aliphatic heterocycles. The molecule has 0 unspecified atom stereocenters. The van der Waals surface area contributed by atoms with E-state index in [2.05, 4.69) is 21.2 Å². The van der Waals surface area contributed by atoms with Crippen LogP contribution in [0.3, 0.4) is 0 Å². The second kappa shape index (κ2) is 15.8. The first-order chi connectivity index (χ1) is 21.7. The molecule has 1 heterocycles. The highest BCUT2D eigenvalue weighted by atomic mass is 16.6. The van der Waals surface area contributed by atoms with Gasteiger partial charge in [-0.3, -0.25) is 10.2 Å². The van der Waals surface area contributed by atoms with Crippen molar-refractivity contribution in [2.75, 3.05) is 0 Å². The minimum Gasteiger partial charge on any atom is -0.485 e. The molecular weight excluding hydrogens is 576 g/mol. The molecule has 0 radical (unpaired) electrons. The summed E-state index contributed by atoms with van der Waals surface area (Å²) in [5.74, 6) is -0.301. The Labute approximate surface area is 261 Å². The minimum absolute atomic E-state index is 0.0200. The fraction of sp³-hybridized carbons (Fsp3) is 0.235.